The predicted octanol–water partition coefficient (Wildman–Crippen LogP) is 4.04. The fraction of sp³-hybridized carbons (Fsp3) is 0.167. The van der Waals surface area contributed by atoms with Crippen LogP contribution in [0, 0.1) is 0 Å². The van der Waals surface area contributed by atoms with E-state index in [0.29, 0.717) is 23.8 Å². The Morgan fingerprint density at radius 1 is 1.27 bits per heavy atom. The van der Waals surface area contributed by atoms with Crippen molar-refractivity contribution in [2.45, 2.75) is 6.61 Å². The average Bonchev–Trinajstić information content (AvgIpc) is 2.72. The van der Waals surface area contributed by atoms with E-state index in [-0.39, 0.29) is 5.97 Å². The van der Waals surface area contributed by atoms with Gasteiger partial charge in [-0.25, -0.2) is 4.79 Å². The summed E-state index contributed by atoms with van der Waals surface area (Å²) < 4.78 is 10.7. The lowest BCUT2D eigenvalue weighted by atomic mass is 9.93. The Hall–Kier alpha value is -2.26. The topological polar surface area (TPSA) is 35.5 Å². The van der Waals surface area contributed by atoms with Crippen LogP contribution in [0.2, 0.25) is 0 Å². The van der Waals surface area contributed by atoms with E-state index >= 15 is 0 Å². The van der Waals surface area contributed by atoms with Gasteiger partial charge in [-0.1, -0.05) is 30.3 Å². The van der Waals surface area contributed by atoms with Gasteiger partial charge in [0.05, 0.1) is 12.7 Å². The zero-order chi connectivity index (χ0) is 15.5. The highest BCUT2D eigenvalue weighted by atomic mass is 35.5. The van der Waals surface area contributed by atoms with Crippen LogP contribution in [0.15, 0.2) is 48.5 Å². The molecule has 0 bridgehead atoms. The number of ether oxygens (including phenoxy) is 2. The molecule has 3 nitrogen and oxygen atoms in total. The van der Waals surface area contributed by atoms with E-state index in [0.717, 1.165) is 22.3 Å². The summed E-state index contributed by atoms with van der Waals surface area (Å²) in [7, 11) is 1.36. The number of alkyl halides is 1. The second-order valence-corrected chi connectivity index (χ2v) is 5.23. The van der Waals surface area contributed by atoms with Gasteiger partial charge in [-0.05, 0) is 34.9 Å². The van der Waals surface area contributed by atoms with Crippen molar-refractivity contribution in [1.29, 1.82) is 0 Å². The van der Waals surface area contributed by atoms with Crippen molar-refractivity contribution in [2.24, 2.45) is 0 Å². The number of methoxy groups -OCH3 is 1. The number of benzene rings is 2. The lowest BCUT2D eigenvalue weighted by Crippen LogP contribution is -2.02. The first kappa shape index (κ1) is 14.7. The van der Waals surface area contributed by atoms with Gasteiger partial charge in [0, 0.05) is 11.4 Å². The molecule has 0 spiro atoms. The average molecular weight is 315 g/mol. The second kappa shape index (κ2) is 6.24. The van der Waals surface area contributed by atoms with Gasteiger partial charge in [-0.2, -0.15) is 0 Å². The number of esters is 1. The van der Waals surface area contributed by atoms with Crippen LogP contribution < -0.4 is 4.74 Å². The molecule has 1 aliphatic heterocycles. The largest absolute Gasteiger partial charge is 0.488 e. The van der Waals surface area contributed by atoms with Crippen molar-refractivity contribution >= 4 is 23.1 Å². The number of halogens is 1. The fourth-order valence-corrected chi connectivity index (χ4v) is 2.77. The van der Waals surface area contributed by atoms with Gasteiger partial charge < -0.3 is 9.47 Å². The molecule has 0 radical (unpaired) electrons. The van der Waals surface area contributed by atoms with E-state index in [1.807, 2.05) is 30.3 Å². The third kappa shape index (κ3) is 2.60. The molecule has 0 aromatic heterocycles. The molecule has 2 aromatic rings. The Morgan fingerprint density at radius 3 is 2.86 bits per heavy atom. The van der Waals surface area contributed by atoms with Gasteiger partial charge in [-0.3, -0.25) is 0 Å². The molecule has 22 heavy (non-hydrogen) atoms. The molecule has 0 amide bonds. The minimum atomic E-state index is -0.379. The van der Waals surface area contributed by atoms with Crippen LogP contribution in [-0.2, 0) is 11.3 Å². The summed E-state index contributed by atoms with van der Waals surface area (Å²) in [5.74, 6) is 0.688. The van der Waals surface area contributed by atoms with E-state index in [2.05, 4.69) is 6.07 Å². The zero-order valence-electron chi connectivity index (χ0n) is 12.1. The SMILES string of the molecule is COC(=O)c1ccc2c(c1)OCc1ccccc1/C2=C\CCl. The molecule has 0 unspecified atom stereocenters. The minimum absolute atomic E-state index is 0.379. The number of hydrogen-bond acceptors (Lipinski definition) is 3. The van der Waals surface area contributed by atoms with Crippen molar-refractivity contribution in [2.75, 3.05) is 13.0 Å². The molecule has 0 saturated heterocycles. The first-order valence-corrected chi connectivity index (χ1v) is 7.48. The van der Waals surface area contributed by atoms with Gasteiger partial charge in [0.2, 0.25) is 0 Å². The number of carbonyl (C=O) groups is 1. The Morgan fingerprint density at radius 2 is 2.09 bits per heavy atom. The van der Waals surface area contributed by atoms with E-state index < -0.39 is 0 Å². The lowest BCUT2D eigenvalue weighted by molar-refractivity contribution is 0.0600. The zero-order valence-corrected chi connectivity index (χ0v) is 12.9. The third-order valence-electron chi connectivity index (χ3n) is 3.66. The fourth-order valence-electron chi connectivity index (χ4n) is 2.62. The molecule has 0 aliphatic carbocycles. The van der Waals surface area contributed by atoms with Crippen molar-refractivity contribution in [3.63, 3.8) is 0 Å². The molecule has 0 fully saturated rings. The number of fused-ring (bicyclic) bond motifs is 2. The maximum atomic E-state index is 11.7. The van der Waals surface area contributed by atoms with Crippen molar-refractivity contribution in [1.82, 2.24) is 0 Å². The quantitative estimate of drug-likeness (QED) is 0.620. The summed E-state index contributed by atoms with van der Waals surface area (Å²) in [6.45, 7) is 0.452. The first-order chi connectivity index (χ1) is 10.7. The Balaban J connectivity index is 2.16. The smallest absolute Gasteiger partial charge is 0.337 e. The van der Waals surface area contributed by atoms with E-state index in [1.54, 1.807) is 12.1 Å². The summed E-state index contributed by atoms with van der Waals surface area (Å²) in [5.41, 5.74) is 4.62. The Kier molecular flexibility index (Phi) is 4.16. The molecule has 2 aromatic carbocycles. The molecule has 0 saturated carbocycles. The monoisotopic (exact) mass is 314 g/mol. The van der Waals surface area contributed by atoms with Crippen molar-refractivity contribution in [3.8, 4) is 5.75 Å². The van der Waals surface area contributed by atoms with Crippen LogP contribution in [0.25, 0.3) is 5.57 Å². The molecule has 1 aliphatic rings. The molecule has 1 heterocycles. The number of carbonyl (C=O) groups excluding carboxylic acids is 1. The van der Waals surface area contributed by atoms with Crippen molar-refractivity contribution < 1.29 is 14.3 Å². The van der Waals surface area contributed by atoms with Crippen LogP contribution in [0.4, 0.5) is 0 Å². The van der Waals surface area contributed by atoms with Crippen LogP contribution in [0.5, 0.6) is 5.75 Å². The predicted molar refractivity (Wildman–Crippen MR) is 86.4 cm³/mol. The van der Waals surface area contributed by atoms with E-state index in [1.165, 1.54) is 7.11 Å². The number of rotatable bonds is 2. The van der Waals surface area contributed by atoms with Crippen LogP contribution >= 0.6 is 11.6 Å². The van der Waals surface area contributed by atoms with Gasteiger partial charge in [0.15, 0.2) is 0 Å². The molecule has 0 N–H and O–H groups in total. The maximum absolute atomic E-state index is 11.7. The molecular formula is C18H15ClO3. The minimum Gasteiger partial charge on any atom is -0.488 e. The van der Waals surface area contributed by atoms with Gasteiger partial charge in [-0.15, -0.1) is 11.6 Å². The molecular weight excluding hydrogens is 300 g/mol. The van der Waals surface area contributed by atoms with Gasteiger partial charge >= 0.3 is 5.97 Å². The molecule has 0 atom stereocenters. The van der Waals surface area contributed by atoms with Gasteiger partial charge in [0.1, 0.15) is 12.4 Å². The Labute approximate surface area is 134 Å². The first-order valence-electron chi connectivity index (χ1n) is 6.94. The van der Waals surface area contributed by atoms with E-state index in [4.69, 9.17) is 21.1 Å². The highest BCUT2D eigenvalue weighted by molar-refractivity contribution is 6.19. The summed E-state index contributed by atoms with van der Waals surface area (Å²) >= 11 is 5.93. The Bertz CT molecular complexity index is 750. The summed E-state index contributed by atoms with van der Waals surface area (Å²) in [4.78, 5) is 11.7. The highest BCUT2D eigenvalue weighted by Crippen LogP contribution is 2.37. The molecule has 112 valence electrons. The molecule has 4 heteroatoms. The summed E-state index contributed by atoms with van der Waals surface area (Å²) in [5, 5.41) is 0. The second-order valence-electron chi connectivity index (χ2n) is 4.92. The maximum Gasteiger partial charge on any atom is 0.337 e. The standard InChI is InChI=1S/C18H15ClO3/c1-21-18(20)12-6-7-16-15(8-9-19)14-5-3-2-4-13(14)11-22-17(16)10-12/h2-8,10H,9,11H2,1H3/b15-8+. The van der Waals surface area contributed by atoms with Crippen molar-refractivity contribution in [3.05, 3.63) is 70.8 Å². The van der Waals surface area contributed by atoms with Crippen LogP contribution in [-0.4, -0.2) is 19.0 Å². The van der Waals surface area contributed by atoms with Gasteiger partial charge in [0.25, 0.3) is 0 Å². The van der Waals surface area contributed by atoms with Crippen LogP contribution in [0.1, 0.15) is 27.0 Å². The highest BCUT2D eigenvalue weighted by Gasteiger charge is 2.20. The van der Waals surface area contributed by atoms with E-state index in [9.17, 15) is 4.79 Å². The van der Waals surface area contributed by atoms with Crippen LogP contribution in [0.3, 0.4) is 0 Å². The lowest BCUT2D eigenvalue weighted by Gasteiger charge is -2.11. The normalized spacial score (nSPS) is 14.5. The summed E-state index contributed by atoms with van der Waals surface area (Å²) in [6, 6.07) is 13.4. The third-order valence-corrected chi connectivity index (χ3v) is 3.82. The number of allylic oxidation sites excluding steroid dienone is 1. The number of hydrogen-bond donors (Lipinski definition) is 0. The summed E-state index contributed by atoms with van der Waals surface area (Å²) in [6.07, 6.45) is 1.96. The molecule has 3 rings (SSSR count).